The van der Waals surface area contributed by atoms with E-state index in [0.29, 0.717) is 5.92 Å². The second-order valence-electron chi connectivity index (χ2n) is 8.03. The molecule has 0 amide bonds. The van der Waals surface area contributed by atoms with E-state index in [-0.39, 0.29) is 11.9 Å². The van der Waals surface area contributed by atoms with Gasteiger partial charge in [0.05, 0.1) is 6.04 Å². The van der Waals surface area contributed by atoms with E-state index in [1.807, 2.05) is 12.1 Å². The van der Waals surface area contributed by atoms with Crippen molar-refractivity contribution in [3.05, 3.63) is 90.5 Å². The van der Waals surface area contributed by atoms with Crippen LogP contribution in [-0.2, 0) is 13.1 Å². The number of benzene rings is 2. The number of hydrogen-bond acceptors (Lipinski definition) is 3. The van der Waals surface area contributed by atoms with Crippen LogP contribution >= 0.6 is 0 Å². The zero-order valence-electron chi connectivity index (χ0n) is 16.9. The van der Waals surface area contributed by atoms with Crippen LogP contribution in [0.4, 0.5) is 0 Å². The number of carbonyl (C=O) groups excluding carboxylic acids is 1. The Hall–Kier alpha value is -2.72. The molecule has 4 heteroatoms. The molecule has 3 aromatic rings. The highest BCUT2D eigenvalue weighted by Crippen LogP contribution is 2.31. The molecular weight excluding hydrogens is 358 g/mol. The second kappa shape index (κ2) is 9.66. The summed E-state index contributed by atoms with van der Waals surface area (Å²) >= 11 is 0. The van der Waals surface area contributed by atoms with Gasteiger partial charge in [-0.3, -0.25) is 14.3 Å². The highest BCUT2D eigenvalue weighted by molar-refractivity contribution is 5.84. The third kappa shape index (κ3) is 5.01. The Kier molecular flexibility index (Phi) is 6.52. The van der Waals surface area contributed by atoms with Crippen LogP contribution in [0.15, 0.2) is 79.4 Å². The van der Waals surface area contributed by atoms with Crippen molar-refractivity contribution >= 4 is 5.91 Å². The molecular formula is C25H29N3O. The topological polar surface area (TPSA) is 38.1 Å². The molecule has 2 aromatic carbocycles. The number of nitrogens with zero attached hydrogens (tertiary/aromatic N) is 3. The van der Waals surface area contributed by atoms with Gasteiger partial charge < -0.3 is 0 Å². The molecule has 0 unspecified atom stereocenters. The molecule has 1 aliphatic rings. The number of hydrogen-bond donors (Lipinski definition) is 0. The van der Waals surface area contributed by atoms with Gasteiger partial charge in [-0.15, -0.1) is 0 Å². The molecule has 0 N–H and O–H groups in total. The fraction of sp³-hybridized carbons (Fsp3) is 0.360. The summed E-state index contributed by atoms with van der Waals surface area (Å²) in [6, 6.07) is 20.8. The molecule has 1 heterocycles. The van der Waals surface area contributed by atoms with Crippen molar-refractivity contribution in [2.75, 3.05) is 0 Å². The number of rotatable bonds is 7. The molecule has 150 valence electrons. The summed E-state index contributed by atoms with van der Waals surface area (Å²) in [7, 11) is 0. The van der Waals surface area contributed by atoms with Gasteiger partial charge in [-0.2, -0.15) is 0 Å². The van der Waals surface area contributed by atoms with E-state index in [1.54, 1.807) is 23.3 Å². The van der Waals surface area contributed by atoms with E-state index in [4.69, 9.17) is 0 Å². The summed E-state index contributed by atoms with van der Waals surface area (Å²) in [4.78, 5) is 20.1. The molecule has 0 bridgehead atoms. The smallest absolute Gasteiger partial charge is 0.249 e. The van der Waals surface area contributed by atoms with Crippen LogP contribution in [-0.4, -0.2) is 26.4 Å². The minimum Gasteiger partial charge on any atom is -0.283 e. The molecule has 1 fully saturated rings. The summed E-state index contributed by atoms with van der Waals surface area (Å²) in [5.41, 5.74) is 2.48. The van der Waals surface area contributed by atoms with Crippen molar-refractivity contribution in [2.24, 2.45) is 5.92 Å². The van der Waals surface area contributed by atoms with Gasteiger partial charge in [-0.25, -0.2) is 4.98 Å². The average Bonchev–Trinajstić information content (AvgIpc) is 3.31. The van der Waals surface area contributed by atoms with Gasteiger partial charge in [0.15, 0.2) is 0 Å². The molecule has 0 saturated heterocycles. The Balaban J connectivity index is 1.68. The zero-order valence-corrected chi connectivity index (χ0v) is 16.9. The van der Waals surface area contributed by atoms with E-state index in [1.165, 1.54) is 30.4 Å². The molecule has 4 rings (SSSR count). The fourth-order valence-corrected chi connectivity index (χ4v) is 4.54. The summed E-state index contributed by atoms with van der Waals surface area (Å²) < 4.78 is 1.67. The highest BCUT2D eigenvalue weighted by Gasteiger charge is 2.35. The normalized spacial score (nSPS) is 16.0. The third-order valence-electron chi connectivity index (χ3n) is 5.96. The Morgan fingerprint density at radius 3 is 2.03 bits per heavy atom. The summed E-state index contributed by atoms with van der Waals surface area (Å²) in [5.74, 6) is 0.521. The predicted molar refractivity (Wildman–Crippen MR) is 115 cm³/mol. The monoisotopic (exact) mass is 387 g/mol. The highest BCUT2D eigenvalue weighted by atomic mass is 16.2. The molecule has 1 saturated carbocycles. The third-order valence-corrected chi connectivity index (χ3v) is 5.96. The van der Waals surface area contributed by atoms with Crippen LogP contribution < -0.4 is 0 Å². The Morgan fingerprint density at radius 1 is 0.931 bits per heavy atom. The van der Waals surface area contributed by atoms with Crippen LogP contribution in [0, 0.1) is 5.92 Å². The molecule has 29 heavy (non-hydrogen) atoms. The molecule has 4 nitrogen and oxygen atoms in total. The second-order valence-corrected chi connectivity index (χ2v) is 8.03. The molecule has 1 aromatic heterocycles. The quantitative estimate of drug-likeness (QED) is 0.561. The van der Waals surface area contributed by atoms with Gasteiger partial charge in [-0.05, 0) is 29.9 Å². The van der Waals surface area contributed by atoms with Crippen molar-refractivity contribution in [1.29, 1.82) is 0 Å². The van der Waals surface area contributed by atoms with Gasteiger partial charge in [0, 0.05) is 25.5 Å². The van der Waals surface area contributed by atoms with Crippen molar-refractivity contribution in [1.82, 2.24) is 14.5 Å². The van der Waals surface area contributed by atoms with E-state index < -0.39 is 0 Å². The zero-order chi connectivity index (χ0) is 19.9. The number of carbonyl (C=O) groups is 1. The van der Waals surface area contributed by atoms with E-state index in [9.17, 15) is 4.79 Å². The first kappa shape index (κ1) is 19.6. The lowest BCUT2D eigenvalue weighted by Gasteiger charge is -2.38. The van der Waals surface area contributed by atoms with Gasteiger partial charge in [0.1, 0.15) is 6.33 Å². The molecule has 0 aliphatic heterocycles. The standard InChI is InChI=1S/C25H29N3O/c29-25(27-17-16-26-20-27)24(23-14-8-3-9-15-23)28(18-21-10-4-1-5-11-21)19-22-12-6-2-7-13-22/h1-2,4-7,10-13,16-17,20,23-24H,3,8-9,14-15,18-19H2/t24-/m0/s1. The number of imidazole rings is 1. The van der Waals surface area contributed by atoms with E-state index in [2.05, 4.69) is 58.4 Å². The lowest BCUT2D eigenvalue weighted by Crippen LogP contribution is -2.48. The van der Waals surface area contributed by atoms with Crippen molar-refractivity contribution in [3.63, 3.8) is 0 Å². The first-order valence-corrected chi connectivity index (χ1v) is 10.7. The number of aromatic nitrogens is 2. The van der Waals surface area contributed by atoms with Crippen molar-refractivity contribution < 1.29 is 4.79 Å². The molecule has 1 atom stereocenters. The van der Waals surface area contributed by atoms with Crippen LogP contribution in [0.5, 0.6) is 0 Å². The van der Waals surface area contributed by atoms with Crippen molar-refractivity contribution in [3.8, 4) is 0 Å². The fourth-order valence-electron chi connectivity index (χ4n) is 4.54. The van der Waals surface area contributed by atoms with Crippen LogP contribution in [0.25, 0.3) is 0 Å². The first-order valence-electron chi connectivity index (χ1n) is 10.7. The average molecular weight is 388 g/mol. The maximum absolute atomic E-state index is 13.6. The molecule has 0 spiro atoms. The minimum absolute atomic E-state index is 0.140. The van der Waals surface area contributed by atoms with Gasteiger partial charge in [0.2, 0.25) is 5.91 Å². The van der Waals surface area contributed by atoms with Gasteiger partial charge in [-0.1, -0.05) is 79.9 Å². The SMILES string of the molecule is O=C([C@H](C1CCCCC1)N(Cc1ccccc1)Cc1ccccc1)n1ccnc1. The summed E-state index contributed by atoms with van der Waals surface area (Å²) in [5, 5.41) is 0. The maximum Gasteiger partial charge on any atom is 0.249 e. The Bertz CT molecular complexity index is 829. The van der Waals surface area contributed by atoms with E-state index in [0.717, 1.165) is 25.9 Å². The maximum atomic E-state index is 13.6. The summed E-state index contributed by atoms with van der Waals surface area (Å²) in [6.07, 6.45) is 11.0. The molecule has 0 radical (unpaired) electrons. The van der Waals surface area contributed by atoms with Crippen LogP contribution in [0.1, 0.15) is 48.0 Å². The first-order chi connectivity index (χ1) is 14.3. The minimum atomic E-state index is -0.148. The van der Waals surface area contributed by atoms with E-state index >= 15 is 0 Å². The molecule has 1 aliphatic carbocycles. The Morgan fingerprint density at radius 2 is 1.52 bits per heavy atom. The Labute approximate surface area is 173 Å². The predicted octanol–water partition coefficient (Wildman–Crippen LogP) is 5.17. The van der Waals surface area contributed by atoms with Crippen LogP contribution in [0.2, 0.25) is 0 Å². The lowest BCUT2D eigenvalue weighted by molar-refractivity contribution is 0.0534. The lowest BCUT2D eigenvalue weighted by atomic mass is 9.82. The summed E-state index contributed by atoms with van der Waals surface area (Å²) in [6.45, 7) is 1.52. The van der Waals surface area contributed by atoms with Crippen LogP contribution in [0.3, 0.4) is 0 Å². The van der Waals surface area contributed by atoms with Gasteiger partial charge >= 0.3 is 0 Å². The largest absolute Gasteiger partial charge is 0.283 e. The van der Waals surface area contributed by atoms with Gasteiger partial charge in [0.25, 0.3) is 0 Å². The van der Waals surface area contributed by atoms with Crippen molar-refractivity contribution in [2.45, 2.75) is 51.2 Å².